The molecule has 0 aliphatic carbocycles. The van der Waals surface area contributed by atoms with Gasteiger partial charge in [0.15, 0.2) is 5.69 Å². The van der Waals surface area contributed by atoms with Gasteiger partial charge in [-0.15, -0.1) is 16.5 Å². The molecule has 0 bridgehead atoms. The molecule has 0 radical (unpaired) electrons. The first-order chi connectivity index (χ1) is 13.5. The van der Waals surface area contributed by atoms with Gasteiger partial charge < -0.3 is 0 Å². The molecule has 0 spiro atoms. The topological polar surface area (TPSA) is 75.4 Å². The molecule has 0 fully saturated rings. The molecule has 0 amide bonds. The van der Waals surface area contributed by atoms with Crippen LogP contribution in [0.2, 0.25) is 5.02 Å². The van der Waals surface area contributed by atoms with Crippen molar-refractivity contribution in [2.75, 3.05) is 0 Å². The van der Waals surface area contributed by atoms with E-state index in [2.05, 4.69) is 20.3 Å². The van der Waals surface area contributed by atoms with Gasteiger partial charge in [-0.2, -0.15) is 9.80 Å². The van der Waals surface area contributed by atoms with Crippen LogP contribution in [0.5, 0.6) is 0 Å². The fourth-order valence-electron chi connectivity index (χ4n) is 2.63. The predicted octanol–water partition coefficient (Wildman–Crippen LogP) is 5.97. The number of nitrogens with zero attached hydrogens (tertiary/aromatic N) is 4. The lowest BCUT2D eigenvalue weighted by atomic mass is 10.1. The number of aryl methyl sites for hydroxylation is 2. The second-order valence-electron chi connectivity index (χ2n) is 6.28. The lowest BCUT2D eigenvalue weighted by Gasteiger charge is -1.97. The average Bonchev–Trinajstić information content (AvgIpc) is 3.27. The van der Waals surface area contributed by atoms with E-state index in [1.165, 1.54) is 21.6 Å². The van der Waals surface area contributed by atoms with Gasteiger partial charge in [-0.1, -0.05) is 41.4 Å². The number of hydrogen-bond acceptors (Lipinski definition) is 5. The number of azo groups is 1. The molecule has 8 heteroatoms. The van der Waals surface area contributed by atoms with Gasteiger partial charge in [0.1, 0.15) is 0 Å². The maximum atomic E-state index is 12.8. The Morgan fingerprint density at radius 2 is 1.75 bits per heavy atom. The zero-order chi connectivity index (χ0) is 19.7. The molecule has 0 saturated carbocycles. The Morgan fingerprint density at radius 3 is 2.46 bits per heavy atom. The first-order valence-corrected chi connectivity index (χ1v) is 9.79. The molecule has 140 valence electrons. The van der Waals surface area contributed by atoms with Crippen LogP contribution < -0.4 is 5.56 Å². The van der Waals surface area contributed by atoms with E-state index in [0.29, 0.717) is 21.5 Å². The fraction of sp³-hybridized carbons (Fsp3) is 0.100. The fourth-order valence-corrected chi connectivity index (χ4v) is 3.55. The van der Waals surface area contributed by atoms with E-state index in [1.807, 2.05) is 36.6 Å². The van der Waals surface area contributed by atoms with E-state index < -0.39 is 0 Å². The van der Waals surface area contributed by atoms with Gasteiger partial charge in [0.05, 0.1) is 17.1 Å². The summed E-state index contributed by atoms with van der Waals surface area (Å²) in [5, 5.41) is 14.4. The molecule has 0 atom stereocenters. The first kappa shape index (κ1) is 18.3. The number of aromatic nitrogens is 3. The second kappa shape index (κ2) is 7.53. The number of H-pyrrole nitrogens is 1. The van der Waals surface area contributed by atoms with Crippen LogP contribution in [0.4, 0.5) is 11.4 Å². The Kier molecular flexibility index (Phi) is 4.93. The largest absolute Gasteiger partial charge is 0.301 e. The van der Waals surface area contributed by atoms with Crippen molar-refractivity contribution < 1.29 is 0 Å². The maximum absolute atomic E-state index is 12.8. The van der Waals surface area contributed by atoms with Crippen LogP contribution in [-0.2, 0) is 0 Å². The van der Waals surface area contributed by atoms with Crippen LogP contribution in [0.25, 0.3) is 16.4 Å². The van der Waals surface area contributed by atoms with E-state index >= 15 is 0 Å². The molecule has 0 saturated heterocycles. The van der Waals surface area contributed by atoms with E-state index in [1.54, 1.807) is 31.2 Å². The molecule has 2 heterocycles. The predicted molar refractivity (Wildman–Crippen MR) is 113 cm³/mol. The lowest BCUT2D eigenvalue weighted by molar-refractivity contribution is 0.827. The van der Waals surface area contributed by atoms with Crippen molar-refractivity contribution in [2.45, 2.75) is 13.8 Å². The summed E-state index contributed by atoms with van der Waals surface area (Å²) in [6.45, 7) is 3.82. The Balaban J connectivity index is 1.65. The zero-order valence-corrected chi connectivity index (χ0v) is 16.8. The number of halogens is 1. The highest BCUT2D eigenvalue weighted by atomic mass is 35.5. The summed E-state index contributed by atoms with van der Waals surface area (Å²) < 4.78 is 1.40. The van der Waals surface area contributed by atoms with Crippen LogP contribution in [0.15, 0.2) is 68.9 Å². The maximum Gasteiger partial charge on any atom is 0.301 e. The molecule has 0 aliphatic heterocycles. The molecule has 4 rings (SSSR count). The third-order valence-corrected chi connectivity index (χ3v) is 5.24. The summed E-state index contributed by atoms with van der Waals surface area (Å²) in [5.74, 6) is 0. The molecule has 0 unspecified atom stereocenters. The van der Waals surface area contributed by atoms with Crippen LogP contribution in [0.3, 0.4) is 0 Å². The molecule has 1 N–H and O–H groups in total. The molecule has 0 aliphatic rings. The molecular formula is C20H16ClN5OS. The number of thiazole rings is 1. The minimum Gasteiger partial charge on any atom is -0.291 e. The normalized spacial score (nSPS) is 11.4. The van der Waals surface area contributed by atoms with E-state index in [-0.39, 0.29) is 11.2 Å². The number of hydrogen-bond donors (Lipinski definition) is 1. The lowest BCUT2D eigenvalue weighted by Crippen LogP contribution is -2.13. The van der Waals surface area contributed by atoms with Gasteiger partial charge in [-0.3, -0.25) is 9.89 Å². The first-order valence-electron chi connectivity index (χ1n) is 8.53. The average molecular weight is 410 g/mol. The van der Waals surface area contributed by atoms with Crippen LogP contribution in [-0.4, -0.2) is 14.8 Å². The Labute approximate surface area is 170 Å². The summed E-state index contributed by atoms with van der Waals surface area (Å²) in [4.78, 5) is 17.4. The third kappa shape index (κ3) is 3.67. The molecule has 2 aromatic heterocycles. The van der Waals surface area contributed by atoms with E-state index in [0.717, 1.165) is 11.3 Å². The van der Waals surface area contributed by atoms with Crippen LogP contribution >= 0.6 is 22.9 Å². The highest BCUT2D eigenvalue weighted by molar-refractivity contribution is 7.12. The number of aromatic amines is 1. The van der Waals surface area contributed by atoms with Crippen molar-refractivity contribution in [1.82, 2.24) is 14.8 Å². The van der Waals surface area contributed by atoms with Crippen molar-refractivity contribution in [3.05, 3.63) is 80.5 Å². The SMILES string of the molecule is Cc1ccc(-c2csc(-n3[nH]c(C)c(N=Nc4ccc(Cl)cc4)c3=O)n2)cc1. The third-order valence-electron chi connectivity index (χ3n) is 4.16. The molecule has 4 aromatic rings. The minimum atomic E-state index is -0.292. The Hall–Kier alpha value is -3.03. The van der Waals surface area contributed by atoms with Gasteiger partial charge in [0.25, 0.3) is 0 Å². The highest BCUT2D eigenvalue weighted by Crippen LogP contribution is 2.25. The van der Waals surface area contributed by atoms with Gasteiger partial charge in [-0.05, 0) is 38.1 Å². The summed E-state index contributed by atoms with van der Waals surface area (Å²) in [6, 6.07) is 15.0. The van der Waals surface area contributed by atoms with E-state index in [4.69, 9.17) is 11.6 Å². The van der Waals surface area contributed by atoms with Gasteiger partial charge in [0.2, 0.25) is 5.13 Å². The second-order valence-corrected chi connectivity index (χ2v) is 7.56. The monoisotopic (exact) mass is 409 g/mol. The van der Waals surface area contributed by atoms with E-state index in [9.17, 15) is 4.79 Å². The standard InChI is InChI=1S/C20H16ClN5OS/c1-12-3-5-14(6-4-12)17-11-28-20(22-17)26-19(27)18(13(2)25-26)24-23-16-9-7-15(21)8-10-16/h3-11,25H,1-2H3. The quantitative estimate of drug-likeness (QED) is 0.421. The molecule has 2 aromatic carbocycles. The summed E-state index contributed by atoms with van der Waals surface area (Å²) >= 11 is 7.26. The molecule has 6 nitrogen and oxygen atoms in total. The van der Waals surface area contributed by atoms with Crippen molar-refractivity contribution >= 4 is 34.3 Å². The Bertz CT molecular complexity index is 1200. The summed E-state index contributed by atoms with van der Waals surface area (Å²) in [7, 11) is 0. The van der Waals surface area contributed by atoms with Crippen LogP contribution in [0, 0.1) is 13.8 Å². The van der Waals surface area contributed by atoms with Crippen LogP contribution in [0.1, 0.15) is 11.3 Å². The van der Waals surface area contributed by atoms with Gasteiger partial charge >= 0.3 is 5.56 Å². The van der Waals surface area contributed by atoms with Gasteiger partial charge in [-0.25, -0.2) is 4.98 Å². The molecular weight excluding hydrogens is 394 g/mol. The Morgan fingerprint density at radius 1 is 1.04 bits per heavy atom. The number of nitrogens with one attached hydrogen (secondary N) is 1. The molecule has 28 heavy (non-hydrogen) atoms. The van der Waals surface area contributed by atoms with Crippen molar-refractivity contribution in [1.29, 1.82) is 0 Å². The van der Waals surface area contributed by atoms with Crippen molar-refractivity contribution in [2.24, 2.45) is 10.2 Å². The number of rotatable bonds is 4. The van der Waals surface area contributed by atoms with Crippen molar-refractivity contribution in [3.8, 4) is 16.4 Å². The van der Waals surface area contributed by atoms with Gasteiger partial charge in [0, 0.05) is 16.0 Å². The smallest absolute Gasteiger partial charge is 0.291 e. The van der Waals surface area contributed by atoms with Crippen molar-refractivity contribution in [3.63, 3.8) is 0 Å². The zero-order valence-electron chi connectivity index (χ0n) is 15.2. The summed E-state index contributed by atoms with van der Waals surface area (Å²) in [5.41, 5.74) is 4.21. The summed E-state index contributed by atoms with van der Waals surface area (Å²) in [6.07, 6.45) is 0. The highest BCUT2D eigenvalue weighted by Gasteiger charge is 2.15. The number of benzene rings is 2. The minimum absolute atomic E-state index is 0.252.